The lowest BCUT2D eigenvalue weighted by Crippen LogP contribution is -2.03. The minimum absolute atomic E-state index is 0.335. The van der Waals surface area contributed by atoms with Crippen molar-refractivity contribution >= 4 is 34.5 Å². The summed E-state index contributed by atoms with van der Waals surface area (Å²) in [4.78, 5) is 11.6. The number of benzene rings is 1. The van der Waals surface area contributed by atoms with Crippen LogP contribution in [0.5, 0.6) is 0 Å². The van der Waals surface area contributed by atoms with Gasteiger partial charge in [0.2, 0.25) is 0 Å². The van der Waals surface area contributed by atoms with E-state index in [-0.39, 0.29) is 0 Å². The molecule has 0 aliphatic rings. The summed E-state index contributed by atoms with van der Waals surface area (Å²) in [5.74, 6) is -0.472. The Labute approximate surface area is 95.2 Å². The van der Waals surface area contributed by atoms with E-state index >= 15 is 0 Å². The Morgan fingerprint density at radius 3 is 2.79 bits per heavy atom. The van der Waals surface area contributed by atoms with Crippen LogP contribution >= 0.6 is 28.6 Å². The predicted molar refractivity (Wildman–Crippen MR) is 57.4 cm³/mol. The van der Waals surface area contributed by atoms with Crippen LogP contribution in [-0.2, 0) is 4.74 Å². The summed E-state index contributed by atoms with van der Waals surface area (Å²) in [6.07, 6.45) is 0. The van der Waals surface area contributed by atoms with E-state index in [1.54, 1.807) is 0 Å². The fourth-order valence-corrected chi connectivity index (χ4v) is 1.65. The lowest BCUT2D eigenvalue weighted by atomic mass is 10.1. The van der Waals surface area contributed by atoms with Crippen molar-refractivity contribution in [1.82, 2.24) is 0 Å². The van der Waals surface area contributed by atoms with Crippen molar-refractivity contribution in [3.8, 4) is 6.07 Å². The molecule has 0 atom stereocenters. The first-order chi connectivity index (χ1) is 6.61. The van der Waals surface area contributed by atoms with Crippen molar-refractivity contribution in [2.45, 2.75) is 4.90 Å². The van der Waals surface area contributed by atoms with Gasteiger partial charge in [-0.25, -0.2) is 4.79 Å². The van der Waals surface area contributed by atoms with Gasteiger partial charge in [0.15, 0.2) is 0 Å². The van der Waals surface area contributed by atoms with E-state index < -0.39 is 5.97 Å². The Balaban J connectivity index is 3.33. The number of methoxy groups -OCH3 is 1. The smallest absolute Gasteiger partial charge is 0.339 e. The van der Waals surface area contributed by atoms with Crippen molar-refractivity contribution in [2.75, 3.05) is 7.11 Å². The van der Waals surface area contributed by atoms with Crippen molar-refractivity contribution < 1.29 is 9.53 Å². The number of ether oxygens (including phenoxy) is 1. The molecule has 5 heteroatoms. The first-order valence-electron chi connectivity index (χ1n) is 3.61. The van der Waals surface area contributed by atoms with Gasteiger partial charge in [-0.05, 0) is 28.1 Å². The molecule has 0 aliphatic carbocycles. The van der Waals surface area contributed by atoms with Crippen molar-refractivity contribution in [2.24, 2.45) is 0 Å². The molecule has 1 rings (SSSR count). The average molecular weight is 272 g/mol. The number of esters is 1. The highest BCUT2D eigenvalue weighted by molar-refractivity contribution is 9.10. The number of rotatable bonds is 1. The van der Waals surface area contributed by atoms with Crippen molar-refractivity contribution in [3.63, 3.8) is 0 Å². The zero-order valence-electron chi connectivity index (χ0n) is 7.24. The van der Waals surface area contributed by atoms with Gasteiger partial charge < -0.3 is 4.74 Å². The van der Waals surface area contributed by atoms with E-state index in [0.717, 1.165) is 0 Å². The molecule has 14 heavy (non-hydrogen) atoms. The molecule has 0 bridgehead atoms. The van der Waals surface area contributed by atoms with Crippen LogP contribution in [0.4, 0.5) is 0 Å². The van der Waals surface area contributed by atoms with Crippen molar-refractivity contribution in [3.05, 3.63) is 27.7 Å². The first kappa shape index (κ1) is 11.1. The number of nitrogens with zero attached hydrogens (tertiary/aromatic N) is 1. The highest BCUT2D eigenvalue weighted by Crippen LogP contribution is 2.28. The zero-order valence-corrected chi connectivity index (χ0v) is 9.72. The number of carbonyl (C=O) groups is 1. The van der Waals surface area contributed by atoms with Gasteiger partial charge in [-0.15, -0.1) is 12.6 Å². The highest BCUT2D eigenvalue weighted by atomic mass is 79.9. The van der Waals surface area contributed by atoms with Crippen LogP contribution in [-0.4, -0.2) is 13.1 Å². The Morgan fingerprint density at radius 2 is 2.29 bits per heavy atom. The quantitative estimate of drug-likeness (QED) is 0.630. The molecule has 3 nitrogen and oxygen atoms in total. The van der Waals surface area contributed by atoms with Crippen LogP contribution in [0.25, 0.3) is 0 Å². The van der Waals surface area contributed by atoms with Gasteiger partial charge in [0.05, 0.1) is 18.2 Å². The number of nitriles is 1. The van der Waals surface area contributed by atoms with Crippen molar-refractivity contribution in [1.29, 1.82) is 5.26 Å². The van der Waals surface area contributed by atoms with Crippen LogP contribution in [0.3, 0.4) is 0 Å². The number of carbonyl (C=O) groups excluding carboxylic acids is 1. The maximum absolute atomic E-state index is 11.2. The van der Waals surface area contributed by atoms with Gasteiger partial charge in [-0.1, -0.05) is 0 Å². The van der Waals surface area contributed by atoms with E-state index in [2.05, 4.69) is 33.3 Å². The van der Waals surface area contributed by atoms with E-state index in [1.807, 2.05) is 6.07 Å². The summed E-state index contributed by atoms with van der Waals surface area (Å²) in [7, 11) is 1.29. The van der Waals surface area contributed by atoms with E-state index in [0.29, 0.717) is 20.5 Å². The molecule has 0 spiro atoms. The molecule has 0 heterocycles. The lowest BCUT2D eigenvalue weighted by Gasteiger charge is -2.05. The molecule has 0 aliphatic heterocycles. The summed E-state index contributed by atoms with van der Waals surface area (Å²) < 4.78 is 5.06. The SMILES string of the molecule is COC(=O)c1ccc(C#N)c(Br)c1S. The monoisotopic (exact) mass is 271 g/mol. The Hall–Kier alpha value is -0.990. The molecular formula is C9H6BrNO2S. The summed E-state index contributed by atoms with van der Waals surface area (Å²) in [6.45, 7) is 0. The normalized spacial score (nSPS) is 9.29. The molecular weight excluding hydrogens is 266 g/mol. The number of hydrogen-bond donors (Lipinski definition) is 1. The third-order valence-electron chi connectivity index (χ3n) is 1.64. The van der Waals surface area contributed by atoms with Gasteiger partial charge in [-0.3, -0.25) is 0 Å². The average Bonchev–Trinajstić information content (AvgIpc) is 2.21. The third-order valence-corrected chi connectivity index (χ3v) is 3.24. The summed E-state index contributed by atoms with van der Waals surface area (Å²) in [5, 5.41) is 8.70. The summed E-state index contributed by atoms with van der Waals surface area (Å²) in [6, 6.07) is 5.02. The highest BCUT2D eigenvalue weighted by Gasteiger charge is 2.14. The maximum atomic E-state index is 11.2. The molecule has 0 fully saturated rings. The standard InChI is InChI=1S/C9H6BrNO2S/c1-13-9(12)6-3-2-5(4-11)7(10)8(6)14/h2-3,14H,1H3. The molecule has 0 N–H and O–H groups in total. The second-order valence-corrected chi connectivity index (χ2v) is 3.67. The Bertz CT molecular complexity index is 426. The molecule has 1 aromatic rings. The van der Waals surface area contributed by atoms with E-state index in [4.69, 9.17) is 5.26 Å². The molecule has 1 aromatic carbocycles. The van der Waals surface area contributed by atoms with Gasteiger partial charge >= 0.3 is 5.97 Å². The molecule has 0 radical (unpaired) electrons. The summed E-state index contributed by atoms with van der Waals surface area (Å²) in [5.41, 5.74) is 0.768. The van der Waals surface area contributed by atoms with Crippen LogP contribution in [0, 0.1) is 11.3 Å². The third kappa shape index (κ3) is 1.91. The Kier molecular flexibility index (Phi) is 3.55. The topological polar surface area (TPSA) is 50.1 Å². The predicted octanol–water partition coefficient (Wildman–Crippen LogP) is 2.40. The Morgan fingerprint density at radius 1 is 1.64 bits per heavy atom. The van der Waals surface area contributed by atoms with Gasteiger partial charge in [0, 0.05) is 9.37 Å². The zero-order chi connectivity index (χ0) is 10.7. The van der Waals surface area contributed by atoms with Gasteiger partial charge in [0.1, 0.15) is 6.07 Å². The van der Waals surface area contributed by atoms with Gasteiger partial charge in [-0.2, -0.15) is 5.26 Å². The number of halogens is 1. The number of thiol groups is 1. The second-order valence-electron chi connectivity index (χ2n) is 2.43. The summed E-state index contributed by atoms with van der Waals surface area (Å²) >= 11 is 7.31. The lowest BCUT2D eigenvalue weighted by molar-refractivity contribution is 0.0596. The van der Waals surface area contributed by atoms with Crippen LogP contribution < -0.4 is 0 Å². The first-order valence-corrected chi connectivity index (χ1v) is 4.85. The molecule has 72 valence electrons. The maximum Gasteiger partial charge on any atom is 0.339 e. The number of hydrogen-bond acceptors (Lipinski definition) is 4. The molecule has 0 unspecified atom stereocenters. The molecule has 0 aromatic heterocycles. The van der Waals surface area contributed by atoms with Crippen LogP contribution in [0.1, 0.15) is 15.9 Å². The fraction of sp³-hybridized carbons (Fsp3) is 0.111. The molecule has 0 saturated heterocycles. The van der Waals surface area contributed by atoms with Crippen LogP contribution in [0.2, 0.25) is 0 Å². The van der Waals surface area contributed by atoms with Crippen LogP contribution in [0.15, 0.2) is 21.5 Å². The minimum Gasteiger partial charge on any atom is -0.465 e. The van der Waals surface area contributed by atoms with E-state index in [9.17, 15) is 4.79 Å². The molecule has 0 saturated carbocycles. The van der Waals surface area contributed by atoms with Gasteiger partial charge in [0.25, 0.3) is 0 Å². The largest absolute Gasteiger partial charge is 0.465 e. The minimum atomic E-state index is -0.472. The van der Waals surface area contributed by atoms with E-state index in [1.165, 1.54) is 19.2 Å². The fourth-order valence-electron chi connectivity index (χ4n) is 0.926. The second kappa shape index (κ2) is 4.49. The molecule has 0 amide bonds.